The third-order valence-corrected chi connectivity index (χ3v) is 2.26. The summed E-state index contributed by atoms with van der Waals surface area (Å²) in [6, 6.07) is 10.6. The average Bonchev–Trinajstić information content (AvgIpc) is 2.26. The molecule has 0 radical (unpaired) electrons. The number of hydrogen-bond acceptors (Lipinski definition) is 2. The van der Waals surface area contributed by atoms with Crippen molar-refractivity contribution in [1.29, 1.82) is 0 Å². The van der Waals surface area contributed by atoms with Gasteiger partial charge in [0.05, 0.1) is 0 Å². The second kappa shape index (κ2) is 7.21. The zero-order chi connectivity index (χ0) is 10.9. The summed E-state index contributed by atoms with van der Waals surface area (Å²) in [5, 5.41) is 12.0. The van der Waals surface area contributed by atoms with E-state index >= 15 is 0 Å². The number of aliphatic hydroxyl groups excluding tert-OH is 1. The molecular weight excluding hydrogens is 186 g/mol. The van der Waals surface area contributed by atoms with Crippen molar-refractivity contribution in [2.45, 2.75) is 19.4 Å². The molecule has 0 bridgehead atoms. The largest absolute Gasteiger partial charge is 0.396 e. The van der Waals surface area contributed by atoms with Crippen LogP contribution in [0.4, 0.5) is 0 Å². The first-order valence-corrected chi connectivity index (χ1v) is 5.38. The van der Waals surface area contributed by atoms with Gasteiger partial charge in [0.2, 0.25) is 0 Å². The summed E-state index contributed by atoms with van der Waals surface area (Å²) >= 11 is 0. The van der Waals surface area contributed by atoms with Gasteiger partial charge in [-0.25, -0.2) is 0 Å². The van der Waals surface area contributed by atoms with Crippen LogP contribution in [0.15, 0.2) is 36.4 Å². The Bertz CT molecular complexity index is 282. The zero-order valence-corrected chi connectivity index (χ0v) is 9.19. The van der Waals surface area contributed by atoms with Crippen molar-refractivity contribution in [3.05, 3.63) is 42.0 Å². The molecular formula is C13H19NO. The molecule has 2 N–H and O–H groups in total. The van der Waals surface area contributed by atoms with Crippen molar-refractivity contribution in [3.8, 4) is 0 Å². The van der Waals surface area contributed by atoms with E-state index in [1.807, 2.05) is 18.2 Å². The fourth-order valence-electron chi connectivity index (χ4n) is 1.32. The van der Waals surface area contributed by atoms with E-state index in [9.17, 15) is 0 Å². The number of nitrogens with one attached hydrogen (secondary N) is 1. The van der Waals surface area contributed by atoms with Crippen molar-refractivity contribution in [3.63, 3.8) is 0 Å². The lowest BCUT2D eigenvalue weighted by atomic mass is 10.2. The van der Waals surface area contributed by atoms with Crippen LogP contribution in [-0.2, 0) is 0 Å². The zero-order valence-electron chi connectivity index (χ0n) is 9.19. The maximum absolute atomic E-state index is 8.71. The van der Waals surface area contributed by atoms with Gasteiger partial charge >= 0.3 is 0 Å². The number of benzene rings is 1. The van der Waals surface area contributed by atoms with Crippen LogP contribution in [0.25, 0.3) is 6.08 Å². The van der Waals surface area contributed by atoms with Gasteiger partial charge < -0.3 is 10.4 Å². The van der Waals surface area contributed by atoms with Gasteiger partial charge in [-0.1, -0.05) is 42.5 Å². The average molecular weight is 205 g/mol. The van der Waals surface area contributed by atoms with Crippen LogP contribution >= 0.6 is 0 Å². The van der Waals surface area contributed by atoms with E-state index in [0.717, 1.165) is 13.0 Å². The topological polar surface area (TPSA) is 32.3 Å². The minimum atomic E-state index is 0.247. The van der Waals surface area contributed by atoms with Gasteiger partial charge in [-0.2, -0.15) is 0 Å². The lowest BCUT2D eigenvalue weighted by Crippen LogP contribution is -2.26. The highest BCUT2D eigenvalue weighted by atomic mass is 16.3. The molecule has 0 aliphatic heterocycles. The summed E-state index contributed by atoms with van der Waals surface area (Å²) in [6.07, 6.45) is 5.00. The monoisotopic (exact) mass is 205 g/mol. The summed E-state index contributed by atoms with van der Waals surface area (Å²) in [5.41, 5.74) is 1.22. The van der Waals surface area contributed by atoms with Crippen molar-refractivity contribution >= 4 is 6.08 Å². The Morgan fingerprint density at radius 1 is 1.33 bits per heavy atom. The first-order valence-electron chi connectivity index (χ1n) is 5.38. The van der Waals surface area contributed by atoms with Gasteiger partial charge in [0.25, 0.3) is 0 Å². The van der Waals surface area contributed by atoms with Crippen LogP contribution < -0.4 is 5.32 Å². The van der Waals surface area contributed by atoms with Gasteiger partial charge in [-0.3, -0.25) is 0 Å². The summed E-state index contributed by atoms with van der Waals surface area (Å²) in [5.74, 6) is 0. The molecule has 0 aromatic heterocycles. The van der Waals surface area contributed by atoms with E-state index in [-0.39, 0.29) is 6.61 Å². The van der Waals surface area contributed by atoms with Crippen LogP contribution in [0.1, 0.15) is 18.9 Å². The lowest BCUT2D eigenvalue weighted by Gasteiger charge is -2.09. The molecule has 0 amide bonds. The molecule has 1 aromatic rings. The van der Waals surface area contributed by atoms with E-state index in [1.54, 1.807) is 0 Å². The fourth-order valence-corrected chi connectivity index (χ4v) is 1.32. The number of aliphatic hydroxyl groups is 1. The minimum Gasteiger partial charge on any atom is -0.396 e. The summed E-state index contributed by atoms with van der Waals surface area (Å²) < 4.78 is 0. The van der Waals surface area contributed by atoms with Crippen LogP contribution in [-0.4, -0.2) is 24.3 Å². The molecule has 0 saturated heterocycles. The van der Waals surface area contributed by atoms with Crippen LogP contribution in [0.2, 0.25) is 0 Å². The Kier molecular flexibility index (Phi) is 5.74. The Hall–Kier alpha value is -1.12. The molecule has 0 saturated carbocycles. The third kappa shape index (κ3) is 5.35. The Morgan fingerprint density at radius 2 is 2.07 bits per heavy atom. The molecule has 0 aliphatic carbocycles. The second-order valence-corrected chi connectivity index (χ2v) is 3.63. The van der Waals surface area contributed by atoms with E-state index in [2.05, 4.69) is 36.5 Å². The second-order valence-electron chi connectivity index (χ2n) is 3.63. The standard InChI is InChI=1S/C13H19NO/c1-12(9-11-15)14-10-5-8-13-6-3-2-4-7-13/h2-8,12,14-15H,9-11H2,1H3/b8-5+. The van der Waals surface area contributed by atoms with Gasteiger partial charge in [0, 0.05) is 19.2 Å². The number of hydrogen-bond donors (Lipinski definition) is 2. The van der Waals surface area contributed by atoms with Crippen molar-refractivity contribution in [2.75, 3.05) is 13.2 Å². The quantitative estimate of drug-likeness (QED) is 0.745. The van der Waals surface area contributed by atoms with E-state index in [1.165, 1.54) is 5.56 Å². The van der Waals surface area contributed by atoms with Crippen LogP contribution in [0, 0.1) is 0 Å². The molecule has 0 heterocycles. The highest BCUT2D eigenvalue weighted by Crippen LogP contribution is 2.00. The van der Waals surface area contributed by atoms with Crippen molar-refractivity contribution < 1.29 is 5.11 Å². The van der Waals surface area contributed by atoms with Crippen LogP contribution in [0.5, 0.6) is 0 Å². The molecule has 1 rings (SSSR count). The predicted octanol–water partition coefficient (Wildman–Crippen LogP) is 2.06. The van der Waals surface area contributed by atoms with Gasteiger partial charge in [0.1, 0.15) is 0 Å². The highest BCUT2D eigenvalue weighted by Gasteiger charge is 1.96. The van der Waals surface area contributed by atoms with E-state index in [0.29, 0.717) is 6.04 Å². The molecule has 0 aliphatic rings. The summed E-state index contributed by atoms with van der Waals surface area (Å²) in [7, 11) is 0. The summed E-state index contributed by atoms with van der Waals surface area (Å²) in [6.45, 7) is 3.17. The lowest BCUT2D eigenvalue weighted by molar-refractivity contribution is 0.270. The Balaban J connectivity index is 2.23. The maximum Gasteiger partial charge on any atom is 0.0445 e. The van der Waals surface area contributed by atoms with Crippen molar-refractivity contribution in [2.24, 2.45) is 0 Å². The Labute approximate surface area is 91.6 Å². The van der Waals surface area contributed by atoms with Gasteiger partial charge in [-0.05, 0) is 18.9 Å². The summed E-state index contributed by atoms with van der Waals surface area (Å²) in [4.78, 5) is 0. The minimum absolute atomic E-state index is 0.247. The van der Waals surface area contributed by atoms with E-state index < -0.39 is 0 Å². The molecule has 0 spiro atoms. The maximum atomic E-state index is 8.71. The van der Waals surface area contributed by atoms with Gasteiger partial charge in [0.15, 0.2) is 0 Å². The molecule has 0 fully saturated rings. The normalized spacial score (nSPS) is 13.2. The molecule has 2 nitrogen and oxygen atoms in total. The fraction of sp³-hybridized carbons (Fsp3) is 0.385. The molecule has 2 heteroatoms. The molecule has 15 heavy (non-hydrogen) atoms. The Morgan fingerprint density at radius 3 is 2.73 bits per heavy atom. The van der Waals surface area contributed by atoms with Crippen LogP contribution in [0.3, 0.4) is 0 Å². The first-order chi connectivity index (χ1) is 7.33. The van der Waals surface area contributed by atoms with Gasteiger partial charge in [-0.15, -0.1) is 0 Å². The third-order valence-electron chi connectivity index (χ3n) is 2.26. The molecule has 82 valence electrons. The predicted molar refractivity (Wildman–Crippen MR) is 64.6 cm³/mol. The SMILES string of the molecule is CC(CCO)NC/C=C/c1ccccc1. The smallest absolute Gasteiger partial charge is 0.0445 e. The van der Waals surface area contributed by atoms with E-state index in [4.69, 9.17) is 5.11 Å². The molecule has 1 aromatic carbocycles. The number of rotatable bonds is 6. The highest BCUT2D eigenvalue weighted by molar-refractivity contribution is 5.48. The molecule has 1 unspecified atom stereocenters. The molecule has 1 atom stereocenters. The van der Waals surface area contributed by atoms with Crippen molar-refractivity contribution in [1.82, 2.24) is 5.32 Å². The first kappa shape index (κ1) is 12.0.